The summed E-state index contributed by atoms with van der Waals surface area (Å²) in [4.78, 5) is 0.0782. The molecule has 0 spiro atoms. The van der Waals surface area contributed by atoms with Gasteiger partial charge in [0, 0.05) is 6.04 Å². The molecule has 0 radical (unpaired) electrons. The van der Waals surface area contributed by atoms with E-state index in [0.717, 1.165) is 6.42 Å². The number of benzene rings is 1. The zero-order chi connectivity index (χ0) is 14.6. The average molecular weight is 286 g/mol. The first-order valence-electron chi connectivity index (χ1n) is 6.27. The largest absolute Gasteiger partial charge is 0.495 e. The first-order valence-corrected chi connectivity index (χ1v) is 7.81. The van der Waals surface area contributed by atoms with Gasteiger partial charge in [0.15, 0.2) is 0 Å². The van der Waals surface area contributed by atoms with E-state index in [1.807, 2.05) is 0 Å². The van der Waals surface area contributed by atoms with E-state index in [9.17, 15) is 8.42 Å². The lowest BCUT2D eigenvalue weighted by Crippen LogP contribution is -2.25. The highest BCUT2D eigenvalue weighted by molar-refractivity contribution is 7.89. The van der Waals surface area contributed by atoms with Crippen molar-refractivity contribution in [3.63, 3.8) is 0 Å². The van der Waals surface area contributed by atoms with Gasteiger partial charge < -0.3 is 10.1 Å². The quantitative estimate of drug-likeness (QED) is 0.840. The molecule has 0 saturated carbocycles. The monoisotopic (exact) mass is 286 g/mol. The smallest absolute Gasteiger partial charge is 0.238 e. The molecule has 1 atom stereocenters. The predicted octanol–water partition coefficient (Wildman–Crippen LogP) is 2.19. The van der Waals surface area contributed by atoms with Gasteiger partial charge in [-0.15, -0.1) is 0 Å². The molecule has 0 fully saturated rings. The molecular formula is C13H22N2O3S. The Kier molecular flexibility index (Phi) is 5.20. The summed E-state index contributed by atoms with van der Waals surface area (Å²) in [6.45, 7) is 6.29. The topological polar surface area (TPSA) is 81.4 Å². The van der Waals surface area contributed by atoms with Gasteiger partial charge in [-0.05, 0) is 30.5 Å². The van der Waals surface area contributed by atoms with Crippen LogP contribution in [-0.2, 0) is 10.0 Å². The molecule has 5 nitrogen and oxygen atoms in total. The van der Waals surface area contributed by atoms with Crippen LogP contribution in [0.3, 0.4) is 0 Å². The second-order valence-electron chi connectivity index (χ2n) is 4.81. The zero-order valence-electron chi connectivity index (χ0n) is 11.8. The second kappa shape index (κ2) is 6.25. The van der Waals surface area contributed by atoms with Crippen molar-refractivity contribution in [2.75, 3.05) is 12.4 Å². The van der Waals surface area contributed by atoms with E-state index < -0.39 is 10.0 Å². The van der Waals surface area contributed by atoms with E-state index in [0.29, 0.717) is 17.4 Å². The van der Waals surface area contributed by atoms with Gasteiger partial charge in [0.2, 0.25) is 10.0 Å². The highest BCUT2D eigenvalue weighted by Gasteiger charge is 2.16. The summed E-state index contributed by atoms with van der Waals surface area (Å²) >= 11 is 0. The summed E-state index contributed by atoms with van der Waals surface area (Å²) in [5, 5.41) is 8.46. The molecule has 0 aliphatic rings. The highest BCUT2D eigenvalue weighted by Crippen LogP contribution is 2.29. The van der Waals surface area contributed by atoms with Crippen molar-refractivity contribution in [3.05, 3.63) is 18.2 Å². The van der Waals surface area contributed by atoms with E-state index in [4.69, 9.17) is 9.88 Å². The molecule has 0 aliphatic heterocycles. The third-order valence-corrected chi connectivity index (χ3v) is 4.00. The number of methoxy groups -OCH3 is 1. The number of hydrogen-bond acceptors (Lipinski definition) is 4. The lowest BCUT2D eigenvalue weighted by atomic mass is 10.0. The van der Waals surface area contributed by atoms with Gasteiger partial charge >= 0.3 is 0 Å². The van der Waals surface area contributed by atoms with Crippen molar-refractivity contribution in [2.45, 2.75) is 38.1 Å². The number of sulfonamides is 1. The number of hydrogen-bond donors (Lipinski definition) is 2. The Bertz CT molecular complexity index is 527. The van der Waals surface area contributed by atoms with Gasteiger partial charge in [0.25, 0.3) is 0 Å². The van der Waals surface area contributed by atoms with E-state index in [2.05, 4.69) is 26.1 Å². The first kappa shape index (κ1) is 15.8. The minimum absolute atomic E-state index is 0.0782. The highest BCUT2D eigenvalue weighted by atomic mass is 32.2. The van der Waals surface area contributed by atoms with E-state index >= 15 is 0 Å². The van der Waals surface area contributed by atoms with Crippen LogP contribution in [-0.4, -0.2) is 21.6 Å². The summed E-state index contributed by atoms with van der Waals surface area (Å²) in [7, 11) is -2.16. The van der Waals surface area contributed by atoms with Gasteiger partial charge in [-0.3, -0.25) is 0 Å². The zero-order valence-corrected chi connectivity index (χ0v) is 12.6. The minimum atomic E-state index is -3.71. The third-order valence-electron chi connectivity index (χ3n) is 3.08. The SMILES string of the molecule is CCC(Nc1cc(S(N)(=O)=O)ccc1OC)C(C)C. The number of nitrogens with one attached hydrogen (secondary N) is 1. The Morgan fingerprint density at radius 1 is 1.37 bits per heavy atom. The maximum atomic E-state index is 11.4. The van der Waals surface area contributed by atoms with Gasteiger partial charge in [0.1, 0.15) is 5.75 Å². The second-order valence-corrected chi connectivity index (χ2v) is 6.37. The first-order chi connectivity index (χ1) is 8.79. The van der Waals surface area contributed by atoms with Crippen molar-refractivity contribution in [1.82, 2.24) is 0 Å². The lowest BCUT2D eigenvalue weighted by molar-refractivity contribution is 0.414. The van der Waals surface area contributed by atoms with E-state index in [1.165, 1.54) is 12.1 Å². The number of rotatable bonds is 6. The molecule has 0 saturated heterocycles. The van der Waals surface area contributed by atoms with Crippen LogP contribution in [0.5, 0.6) is 5.75 Å². The van der Waals surface area contributed by atoms with Crippen LogP contribution < -0.4 is 15.2 Å². The molecule has 1 aromatic carbocycles. The van der Waals surface area contributed by atoms with Crippen LogP contribution in [0, 0.1) is 5.92 Å². The lowest BCUT2D eigenvalue weighted by Gasteiger charge is -2.23. The number of anilines is 1. The predicted molar refractivity (Wildman–Crippen MR) is 76.9 cm³/mol. The van der Waals surface area contributed by atoms with Crippen LogP contribution >= 0.6 is 0 Å². The maximum absolute atomic E-state index is 11.4. The third kappa shape index (κ3) is 4.11. The van der Waals surface area contributed by atoms with Crippen LogP contribution in [0.25, 0.3) is 0 Å². The fraction of sp³-hybridized carbons (Fsp3) is 0.538. The van der Waals surface area contributed by atoms with Crippen LogP contribution in [0.1, 0.15) is 27.2 Å². The van der Waals surface area contributed by atoms with Gasteiger partial charge in [-0.25, -0.2) is 13.6 Å². The van der Waals surface area contributed by atoms with Gasteiger partial charge in [0.05, 0.1) is 17.7 Å². The number of nitrogens with two attached hydrogens (primary N) is 1. The molecule has 3 N–H and O–H groups in total. The summed E-state index contributed by atoms with van der Waals surface area (Å²) in [5.41, 5.74) is 0.648. The molecule has 1 rings (SSSR count). The van der Waals surface area contributed by atoms with Crippen LogP contribution in [0.4, 0.5) is 5.69 Å². The standard InChI is InChI=1S/C13H22N2O3S/c1-5-11(9(2)3)15-12-8-10(19(14,16)17)6-7-13(12)18-4/h6-9,11,15H,5H2,1-4H3,(H2,14,16,17). The van der Waals surface area contributed by atoms with Crippen molar-refractivity contribution in [3.8, 4) is 5.75 Å². The van der Waals surface area contributed by atoms with Crippen LogP contribution in [0.2, 0.25) is 0 Å². The maximum Gasteiger partial charge on any atom is 0.238 e. The average Bonchev–Trinajstić information content (AvgIpc) is 2.34. The molecule has 1 aromatic rings. The molecule has 6 heteroatoms. The number of primary sulfonamides is 1. The Balaban J connectivity index is 3.16. The summed E-state index contributed by atoms with van der Waals surface area (Å²) in [5.74, 6) is 1.03. The fourth-order valence-corrected chi connectivity index (χ4v) is 2.46. The fourth-order valence-electron chi connectivity index (χ4n) is 1.92. The molecular weight excluding hydrogens is 264 g/mol. The Labute approximate surface area is 115 Å². The summed E-state index contributed by atoms with van der Waals surface area (Å²) in [6.07, 6.45) is 0.931. The van der Waals surface area contributed by atoms with E-state index in [-0.39, 0.29) is 10.9 Å². The Morgan fingerprint density at radius 3 is 2.42 bits per heavy atom. The number of ether oxygens (including phenoxy) is 1. The molecule has 1 unspecified atom stereocenters. The van der Waals surface area contributed by atoms with Crippen molar-refractivity contribution in [2.24, 2.45) is 11.1 Å². The Hall–Kier alpha value is -1.27. The van der Waals surface area contributed by atoms with Crippen molar-refractivity contribution in [1.29, 1.82) is 0 Å². The minimum Gasteiger partial charge on any atom is -0.495 e. The molecule has 0 bridgehead atoms. The van der Waals surface area contributed by atoms with Gasteiger partial charge in [-0.2, -0.15) is 0 Å². The van der Waals surface area contributed by atoms with Crippen molar-refractivity contribution < 1.29 is 13.2 Å². The van der Waals surface area contributed by atoms with Crippen molar-refractivity contribution >= 4 is 15.7 Å². The molecule has 19 heavy (non-hydrogen) atoms. The summed E-state index contributed by atoms with van der Waals surface area (Å²) < 4.78 is 28.0. The molecule has 0 heterocycles. The Morgan fingerprint density at radius 2 is 2.00 bits per heavy atom. The summed E-state index contributed by atoms with van der Waals surface area (Å²) in [6, 6.07) is 4.80. The molecule has 0 amide bonds. The molecule has 108 valence electrons. The molecule has 0 aromatic heterocycles. The van der Waals surface area contributed by atoms with E-state index in [1.54, 1.807) is 13.2 Å². The van der Waals surface area contributed by atoms with Crippen LogP contribution in [0.15, 0.2) is 23.1 Å². The normalized spacial score (nSPS) is 13.4. The molecule has 0 aliphatic carbocycles. The van der Waals surface area contributed by atoms with Gasteiger partial charge in [-0.1, -0.05) is 20.8 Å².